The number of hydrazine groups is 1. The predicted octanol–water partition coefficient (Wildman–Crippen LogP) is 1.92. The highest BCUT2D eigenvalue weighted by Gasteiger charge is 2.37. The van der Waals surface area contributed by atoms with E-state index in [1.807, 2.05) is 0 Å². The third-order valence-electron chi connectivity index (χ3n) is 4.44. The van der Waals surface area contributed by atoms with Gasteiger partial charge in [0, 0.05) is 18.6 Å². The standard InChI is InChI=1S/C16H27N3O/c1-12-5-6-13(2)14(11-12)15(18-17)16(3,4)19-7-9-20-10-8-19/h5-6,11,15,18H,7-10,17H2,1-4H3. The van der Waals surface area contributed by atoms with Gasteiger partial charge in [-0.25, -0.2) is 0 Å². The Balaban J connectivity index is 2.32. The highest BCUT2D eigenvalue weighted by Crippen LogP contribution is 2.33. The Bertz CT molecular complexity index is 453. The fourth-order valence-corrected chi connectivity index (χ4v) is 3.07. The Morgan fingerprint density at radius 1 is 1.25 bits per heavy atom. The number of rotatable bonds is 4. The molecule has 1 saturated heterocycles. The van der Waals surface area contributed by atoms with Crippen LogP contribution in [0.5, 0.6) is 0 Å². The molecule has 1 fully saturated rings. The number of ether oxygens (including phenoxy) is 1. The molecule has 0 radical (unpaired) electrons. The molecule has 1 aromatic carbocycles. The topological polar surface area (TPSA) is 50.5 Å². The molecule has 1 aromatic rings. The summed E-state index contributed by atoms with van der Waals surface area (Å²) in [5.74, 6) is 5.91. The van der Waals surface area contributed by atoms with Gasteiger partial charge in [-0.1, -0.05) is 23.8 Å². The molecule has 4 heteroatoms. The van der Waals surface area contributed by atoms with Crippen molar-refractivity contribution in [3.63, 3.8) is 0 Å². The lowest BCUT2D eigenvalue weighted by molar-refractivity contribution is -0.0239. The molecule has 2 rings (SSSR count). The van der Waals surface area contributed by atoms with E-state index in [0.717, 1.165) is 26.3 Å². The Morgan fingerprint density at radius 2 is 1.90 bits per heavy atom. The van der Waals surface area contributed by atoms with Crippen LogP contribution in [-0.4, -0.2) is 36.7 Å². The van der Waals surface area contributed by atoms with Crippen molar-refractivity contribution in [1.29, 1.82) is 0 Å². The van der Waals surface area contributed by atoms with Crippen molar-refractivity contribution in [3.8, 4) is 0 Å². The first-order valence-electron chi connectivity index (χ1n) is 7.33. The van der Waals surface area contributed by atoms with Gasteiger partial charge < -0.3 is 4.74 Å². The number of aryl methyl sites for hydroxylation is 2. The summed E-state index contributed by atoms with van der Waals surface area (Å²) >= 11 is 0. The third-order valence-corrected chi connectivity index (χ3v) is 4.44. The molecule has 0 bridgehead atoms. The van der Waals surface area contributed by atoms with Crippen LogP contribution in [0.3, 0.4) is 0 Å². The minimum absolute atomic E-state index is 0.0584. The van der Waals surface area contributed by atoms with E-state index in [1.165, 1.54) is 16.7 Å². The maximum Gasteiger partial charge on any atom is 0.0641 e. The first kappa shape index (κ1) is 15.4. The Morgan fingerprint density at radius 3 is 2.50 bits per heavy atom. The van der Waals surface area contributed by atoms with E-state index in [9.17, 15) is 0 Å². The van der Waals surface area contributed by atoms with E-state index < -0.39 is 0 Å². The molecule has 1 aliphatic rings. The smallest absolute Gasteiger partial charge is 0.0641 e. The molecule has 3 N–H and O–H groups in total. The fourth-order valence-electron chi connectivity index (χ4n) is 3.07. The van der Waals surface area contributed by atoms with Crippen molar-refractivity contribution >= 4 is 0 Å². The van der Waals surface area contributed by atoms with Crippen molar-refractivity contribution in [1.82, 2.24) is 10.3 Å². The molecule has 1 unspecified atom stereocenters. The van der Waals surface area contributed by atoms with Crippen LogP contribution in [0.1, 0.15) is 36.6 Å². The third kappa shape index (κ3) is 3.04. The van der Waals surface area contributed by atoms with Gasteiger partial charge in [0.25, 0.3) is 0 Å². The van der Waals surface area contributed by atoms with E-state index in [-0.39, 0.29) is 11.6 Å². The van der Waals surface area contributed by atoms with Crippen molar-refractivity contribution in [3.05, 3.63) is 34.9 Å². The van der Waals surface area contributed by atoms with E-state index >= 15 is 0 Å². The van der Waals surface area contributed by atoms with Crippen molar-refractivity contribution in [2.24, 2.45) is 5.84 Å². The molecule has 0 amide bonds. The Labute approximate surface area is 122 Å². The lowest BCUT2D eigenvalue weighted by Crippen LogP contribution is -2.57. The highest BCUT2D eigenvalue weighted by molar-refractivity contribution is 5.34. The zero-order valence-electron chi connectivity index (χ0n) is 13.1. The molecule has 1 atom stereocenters. The van der Waals surface area contributed by atoms with Crippen LogP contribution < -0.4 is 11.3 Å². The molecule has 0 spiro atoms. The van der Waals surface area contributed by atoms with E-state index in [0.29, 0.717) is 0 Å². The van der Waals surface area contributed by atoms with Crippen LogP contribution >= 0.6 is 0 Å². The van der Waals surface area contributed by atoms with Crippen LogP contribution in [-0.2, 0) is 4.74 Å². The van der Waals surface area contributed by atoms with Crippen LogP contribution in [0.15, 0.2) is 18.2 Å². The first-order chi connectivity index (χ1) is 9.46. The largest absolute Gasteiger partial charge is 0.379 e. The van der Waals surface area contributed by atoms with Gasteiger partial charge in [-0.2, -0.15) is 0 Å². The lowest BCUT2D eigenvalue weighted by atomic mass is 9.84. The highest BCUT2D eigenvalue weighted by atomic mass is 16.5. The van der Waals surface area contributed by atoms with Crippen LogP contribution in [0.4, 0.5) is 0 Å². The number of nitrogens with zero attached hydrogens (tertiary/aromatic N) is 1. The SMILES string of the molecule is Cc1ccc(C)c(C(NN)C(C)(C)N2CCOCC2)c1. The number of nitrogens with one attached hydrogen (secondary N) is 1. The van der Waals surface area contributed by atoms with E-state index in [4.69, 9.17) is 10.6 Å². The summed E-state index contributed by atoms with van der Waals surface area (Å²) in [6.45, 7) is 12.3. The van der Waals surface area contributed by atoms with Gasteiger partial charge in [-0.3, -0.25) is 16.2 Å². The molecule has 4 nitrogen and oxygen atoms in total. The van der Waals surface area contributed by atoms with Gasteiger partial charge >= 0.3 is 0 Å². The van der Waals surface area contributed by atoms with Crippen LogP contribution in [0.2, 0.25) is 0 Å². The minimum atomic E-state index is -0.0584. The summed E-state index contributed by atoms with van der Waals surface area (Å²) in [6.07, 6.45) is 0. The van der Waals surface area contributed by atoms with Gasteiger partial charge in [0.05, 0.1) is 19.3 Å². The van der Waals surface area contributed by atoms with Gasteiger partial charge in [0.1, 0.15) is 0 Å². The van der Waals surface area contributed by atoms with Gasteiger partial charge in [0.15, 0.2) is 0 Å². The summed E-state index contributed by atoms with van der Waals surface area (Å²) < 4.78 is 5.46. The van der Waals surface area contributed by atoms with Crippen molar-refractivity contribution in [2.75, 3.05) is 26.3 Å². The molecular weight excluding hydrogens is 250 g/mol. The maximum absolute atomic E-state index is 5.91. The zero-order chi connectivity index (χ0) is 14.8. The number of benzene rings is 1. The van der Waals surface area contributed by atoms with Crippen LogP contribution in [0.25, 0.3) is 0 Å². The average molecular weight is 277 g/mol. The number of morpholine rings is 1. The molecule has 112 valence electrons. The molecule has 0 aliphatic carbocycles. The molecule has 1 heterocycles. The Kier molecular flexibility index (Phi) is 4.81. The minimum Gasteiger partial charge on any atom is -0.379 e. The molecule has 1 aliphatic heterocycles. The van der Waals surface area contributed by atoms with E-state index in [1.54, 1.807) is 0 Å². The molecule has 20 heavy (non-hydrogen) atoms. The molecule has 0 aromatic heterocycles. The summed E-state index contributed by atoms with van der Waals surface area (Å²) in [6, 6.07) is 6.65. The van der Waals surface area contributed by atoms with Crippen molar-refractivity contribution in [2.45, 2.75) is 39.3 Å². The second kappa shape index (κ2) is 6.22. The summed E-state index contributed by atoms with van der Waals surface area (Å²) in [7, 11) is 0. The summed E-state index contributed by atoms with van der Waals surface area (Å²) in [4.78, 5) is 2.46. The van der Waals surface area contributed by atoms with Gasteiger partial charge in [-0.15, -0.1) is 0 Å². The second-order valence-corrected chi connectivity index (χ2v) is 6.21. The summed E-state index contributed by atoms with van der Waals surface area (Å²) in [5.41, 5.74) is 6.81. The predicted molar refractivity (Wildman–Crippen MR) is 82.5 cm³/mol. The van der Waals surface area contributed by atoms with Gasteiger partial charge in [0.2, 0.25) is 0 Å². The molecular formula is C16H27N3O. The average Bonchev–Trinajstić information content (AvgIpc) is 2.44. The van der Waals surface area contributed by atoms with Crippen LogP contribution in [0, 0.1) is 13.8 Å². The van der Waals surface area contributed by atoms with E-state index in [2.05, 4.69) is 56.2 Å². The molecule has 0 saturated carbocycles. The fraction of sp³-hybridized carbons (Fsp3) is 0.625. The Hall–Kier alpha value is -0.940. The number of hydrogen-bond donors (Lipinski definition) is 2. The number of nitrogens with two attached hydrogens (primary N) is 1. The lowest BCUT2D eigenvalue weighted by Gasteiger charge is -2.46. The zero-order valence-corrected chi connectivity index (χ0v) is 13.1. The monoisotopic (exact) mass is 277 g/mol. The normalized spacial score (nSPS) is 19.1. The van der Waals surface area contributed by atoms with Gasteiger partial charge in [-0.05, 0) is 38.8 Å². The second-order valence-electron chi connectivity index (χ2n) is 6.21. The summed E-state index contributed by atoms with van der Waals surface area (Å²) in [5, 5.41) is 0. The van der Waals surface area contributed by atoms with Crippen molar-refractivity contribution < 1.29 is 4.74 Å². The quantitative estimate of drug-likeness (QED) is 0.652. The number of hydrogen-bond acceptors (Lipinski definition) is 4. The first-order valence-corrected chi connectivity index (χ1v) is 7.33. The maximum atomic E-state index is 5.91.